The van der Waals surface area contributed by atoms with Gasteiger partial charge in [0.2, 0.25) is 0 Å². The Labute approximate surface area is 172 Å². The molecule has 0 amide bonds. The van der Waals surface area contributed by atoms with Crippen molar-refractivity contribution in [3.63, 3.8) is 0 Å². The van der Waals surface area contributed by atoms with Gasteiger partial charge in [0, 0.05) is 45.0 Å². The summed E-state index contributed by atoms with van der Waals surface area (Å²) in [7, 11) is 0. The zero-order valence-electron chi connectivity index (χ0n) is 16.8. The van der Waals surface area contributed by atoms with E-state index in [0.717, 1.165) is 63.6 Å². The first kappa shape index (κ1) is 21.3. The van der Waals surface area contributed by atoms with Crippen molar-refractivity contribution in [2.75, 3.05) is 52.5 Å². The third kappa shape index (κ3) is 7.84. The molecule has 0 aliphatic carbocycles. The largest absolute Gasteiger partial charge is 0.469 e. The van der Waals surface area contributed by atoms with E-state index in [1.807, 2.05) is 12.1 Å². The van der Waals surface area contributed by atoms with Crippen molar-refractivity contribution in [3.05, 3.63) is 54.2 Å². The van der Waals surface area contributed by atoms with Crippen LogP contribution in [0.4, 0.5) is 0 Å². The van der Waals surface area contributed by atoms with E-state index in [1.165, 1.54) is 0 Å². The molecule has 2 aromatic rings. The quantitative estimate of drug-likeness (QED) is 0.313. The Morgan fingerprint density at radius 1 is 1.17 bits per heavy atom. The molecule has 1 fully saturated rings. The number of nitrogens with zero attached hydrogens (tertiary/aromatic N) is 3. The second-order valence-electron chi connectivity index (χ2n) is 6.98. The summed E-state index contributed by atoms with van der Waals surface area (Å²) in [6.07, 6.45) is 6.16. The lowest BCUT2D eigenvalue weighted by Gasteiger charge is -2.26. The molecule has 8 nitrogen and oxygen atoms in total. The monoisotopic (exact) mass is 401 g/mol. The number of nitrogens with one attached hydrogen (secondary N) is 2. The van der Waals surface area contributed by atoms with E-state index >= 15 is 0 Å². The van der Waals surface area contributed by atoms with Crippen LogP contribution in [0.5, 0.6) is 0 Å². The molecule has 3 rings (SSSR count). The fourth-order valence-electron chi connectivity index (χ4n) is 3.14. The standard InChI is InChI=1S/C21H31N5O3/c27-20(18-4-8-22-9-5-18)17-25-21(24-10-6-19-3-1-14-29-19)23-7-2-11-26-12-15-28-16-13-26/h1,3-5,8-9,14,20,27H,2,6-7,10-13,15-17H2,(H2,23,24,25). The summed E-state index contributed by atoms with van der Waals surface area (Å²) >= 11 is 0. The molecule has 0 radical (unpaired) electrons. The second-order valence-corrected chi connectivity index (χ2v) is 6.98. The van der Waals surface area contributed by atoms with E-state index < -0.39 is 6.10 Å². The molecular weight excluding hydrogens is 370 g/mol. The Morgan fingerprint density at radius 3 is 2.72 bits per heavy atom. The number of aliphatic imine (C=N–C) groups is 1. The van der Waals surface area contributed by atoms with Gasteiger partial charge in [0.15, 0.2) is 5.96 Å². The van der Waals surface area contributed by atoms with E-state index in [4.69, 9.17) is 9.15 Å². The zero-order valence-corrected chi connectivity index (χ0v) is 16.8. The number of morpholine rings is 1. The summed E-state index contributed by atoms with van der Waals surface area (Å²) in [6.45, 7) is 6.48. The van der Waals surface area contributed by atoms with Crippen molar-refractivity contribution >= 4 is 5.96 Å². The lowest BCUT2D eigenvalue weighted by Crippen LogP contribution is -2.41. The summed E-state index contributed by atoms with van der Waals surface area (Å²) in [4.78, 5) is 11.0. The fraction of sp³-hybridized carbons (Fsp3) is 0.524. The van der Waals surface area contributed by atoms with Crippen molar-refractivity contribution in [1.29, 1.82) is 0 Å². The minimum atomic E-state index is -0.657. The van der Waals surface area contributed by atoms with Gasteiger partial charge in [-0.25, -0.2) is 0 Å². The second kappa shape index (κ2) is 12.2. The van der Waals surface area contributed by atoms with E-state index in [9.17, 15) is 5.11 Å². The number of ether oxygens (including phenoxy) is 1. The Hall–Kier alpha value is -2.42. The van der Waals surface area contributed by atoms with Crippen molar-refractivity contribution in [2.24, 2.45) is 4.99 Å². The van der Waals surface area contributed by atoms with E-state index in [1.54, 1.807) is 30.8 Å². The van der Waals surface area contributed by atoms with Crippen LogP contribution in [0.1, 0.15) is 23.8 Å². The van der Waals surface area contributed by atoms with Gasteiger partial charge in [-0.05, 0) is 42.8 Å². The molecule has 1 saturated heterocycles. The van der Waals surface area contributed by atoms with Gasteiger partial charge < -0.3 is 24.9 Å². The molecule has 0 saturated carbocycles. The molecule has 0 aromatic carbocycles. The van der Waals surface area contributed by atoms with Crippen LogP contribution >= 0.6 is 0 Å². The highest BCUT2D eigenvalue weighted by molar-refractivity contribution is 5.79. The molecule has 8 heteroatoms. The lowest BCUT2D eigenvalue weighted by molar-refractivity contribution is 0.0376. The first-order valence-corrected chi connectivity index (χ1v) is 10.2. The molecule has 2 aromatic heterocycles. The Morgan fingerprint density at radius 2 is 1.97 bits per heavy atom. The van der Waals surface area contributed by atoms with Crippen molar-refractivity contribution in [3.8, 4) is 0 Å². The SMILES string of the molecule is OC(CN=C(NCCCN1CCOCC1)NCCc1ccco1)c1ccncc1. The summed E-state index contributed by atoms with van der Waals surface area (Å²) in [5.74, 6) is 1.63. The third-order valence-corrected chi connectivity index (χ3v) is 4.80. The molecule has 1 unspecified atom stereocenters. The molecule has 3 heterocycles. The molecule has 1 aliphatic rings. The number of rotatable bonds is 10. The number of pyridine rings is 1. The molecule has 1 atom stereocenters. The molecule has 158 valence electrons. The van der Waals surface area contributed by atoms with Crippen LogP contribution in [0.2, 0.25) is 0 Å². The van der Waals surface area contributed by atoms with Gasteiger partial charge in [0.25, 0.3) is 0 Å². The Balaban J connectivity index is 1.46. The van der Waals surface area contributed by atoms with Crippen LogP contribution in [-0.4, -0.2) is 73.4 Å². The summed E-state index contributed by atoms with van der Waals surface area (Å²) < 4.78 is 10.8. The molecule has 3 N–H and O–H groups in total. The highest BCUT2D eigenvalue weighted by Gasteiger charge is 2.10. The fourth-order valence-corrected chi connectivity index (χ4v) is 3.14. The first-order chi connectivity index (χ1) is 14.3. The molecular formula is C21H31N5O3. The topological polar surface area (TPSA) is 95.2 Å². The first-order valence-electron chi connectivity index (χ1n) is 10.2. The number of furan rings is 1. The predicted octanol–water partition coefficient (Wildman–Crippen LogP) is 1.21. The summed E-state index contributed by atoms with van der Waals surface area (Å²) in [6, 6.07) is 7.46. The molecule has 1 aliphatic heterocycles. The van der Waals surface area contributed by atoms with E-state index in [2.05, 4.69) is 25.5 Å². The lowest BCUT2D eigenvalue weighted by atomic mass is 10.1. The number of hydrogen-bond acceptors (Lipinski definition) is 6. The maximum absolute atomic E-state index is 10.4. The van der Waals surface area contributed by atoms with Gasteiger partial charge in [0.1, 0.15) is 5.76 Å². The van der Waals surface area contributed by atoms with Gasteiger partial charge in [-0.3, -0.25) is 14.9 Å². The van der Waals surface area contributed by atoms with Gasteiger partial charge in [-0.15, -0.1) is 0 Å². The van der Waals surface area contributed by atoms with E-state index in [-0.39, 0.29) is 6.54 Å². The van der Waals surface area contributed by atoms with Gasteiger partial charge in [0.05, 0.1) is 32.1 Å². The zero-order chi connectivity index (χ0) is 20.2. The number of aliphatic hydroxyl groups is 1. The Kier molecular flexibility index (Phi) is 8.96. The van der Waals surface area contributed by atoms with Gasteiger partial charge >= 0.3 is 0 Å². The van der Waals surface area contributed by atoms with Crippen LogP contribution in [0, 0.1) is 0 Å². The van der Waals surface area contributed by atoms with Crippen LogP contribution in [-0.2, 0) is 11.2 Å². The molecule has 0 bridgehead atoms. The van der Waals surface area contributed by atoms with Crippen molar-refractivity contribution in [2.45, 2.75) is 18.9 Å². The third-order valence-electron chi connectivity index (χ3n) is 4.80. The van der Waals surface area contributed by atoms with Crippen LogP contribution in [0.3, 0.4) is 0 Å². The maximum atomic E-state index is 10.4. The highest BCUT2D eigenvalue weighted by Crippen LogP contribution is 2.11. The average Bonchev–Trinajstić information content (AvgIpc) is 3.29. The van der Waals surface area contributed by atoms with Gasteiger partial charge in [-0.1, -0.05) is 0 Å². The number of aliphatic hydroxyl groups excluding tert-OH is 1. The van der Waals surface area contributed by atoms with E-state index in [0.29, 0.717) is 12.5 Å². The van der Waals surface area contributed by atoms with Crippen LogP contribution < -0.4 is 10.6 Å². The average molecular weight is 402 g/mol. The summed E-state index contributed by atoms with van der Waals surface area (Å²) in [5, 5.41) is 17.1. The van der Waals surface area contributed by atoms with Gasteiger partial charge in [-0.2, -0.15) is 0 Å². The molecule has 0 spiro atoms. The summed E-state index contributed by atoms with van der Waals surface area (Å²) in [5.41, 5.74) is 0.811. The highest BCUT2D eigenvalue weighted by atomic mass is 16.5. The number of guanidine groups is 1. The van der Waals surface area contributed by atoms with Crippen molar-refractivity contribution < 1.29 is 14.3 Å². The number of hydrogen-bond donors (Lipinski definition) is 3. The maximum Gasteiger partial charge on any atom is 0.191 e. The van der Waals surface area contributed by atoms with Crippen LogP contribution in [0.15, 0.2) is 52.3 Å². The minimum Gasteiger partial charge on any atom is -0.469 e. The van der Waals surface area contributed by atoms with Crippen molar-refractivity contribution in [1.82, 2.24) is 20.5 Å². The normalized spacial score (nSPS) is 16.5. The Bertz CT molecular complexity index is 702. The molecule has 29 heavy (non-hydrogen) atoms. The number of aromatic nitrogens is 1. The smallest absolute Gasteiger partial charge is 0.191 e. The minimum absolute atomic E-state index is 0.281. The predicted molar refractivity (Wildman–Crippen MR) is 112 cm³/mol. The van der Waals surface area contributed by atoms with Crippen LogP contribution in [0.25, 0.3) is 0 Å².